The van der Waals surface area contributed by atoms with Gasteiger partial charge in [0.05, 0.1) is 18.8 Å². The number of methoxy groups -OCH3 is 1. The van der Waals surface area contributed by atoms with E-state index < -0.39 is 0 Å². The van der Waals surface area contributed by atoms with E-state index in [1.165, 1.54) is 0 Å². The third kappa shape index (κ3) is 4.45. The number of aromatic nitrogens is 2. The SMILES string of the molecule is COCc1ccccc1NC(N)=NCc1cccc(-n2cccn2)c1. The van der Waals surface area contributed by atoms with E-state index >= 15 is 0 Å². The third-order valence-corrected chi connectivity index (χ3v) is 3.69. The van der Waals surface area contributed by atoms with Crippen LogP contribution in [0.1, 0.15) is 11.1 Å². The minimum atomic E-state index is 0.369. The van der Waals surface area contributed by atoms with Crippen molar-refractivity contribution >= 4 is 11.6 Å². The minimum absolute atomic E-state index is 0.369. The fourth-order valence-electron chi connectivity index (χ4n) is 2.50. The van der Waals surface area contributed by atoms with Gasteiger partial charge in [-0.2, -0.15) is 5.10 Å². The van der Waals surface area contributed by atoms with Crippen molar-refractivity contribution < 1.29 is 4.74 Å². The molecule has 6 nitrogen and oxygen atoms in total. The van der Waals surface area contributed by atoms with Crippen molar-refractivity contribution in [3.05, 3.63) is 78.1 Å². The van der Waals surface area contributed by atoms with E-state index in [9.17, 15) is 0 Å². The number of hydrogen-bond acceptors (Lipinski definition) is 3. The molecular weight excluding hydrogens is 314 g/mol. The summed E-state index contributed by atoms with van der Waals surface area (Å²) >= 11 is 0. The van der Waals surface area contributed by atoms with Crippen LogP contribution in [-0.2, 0) is 17.9 Å². The van der Waals surface area contributed by atoms with Crippen molar-refractivity contribution in [3.8, 4) is 5.69 Å². The van der Waals surface area contributed by atoms with E-state index in [0.717, 1.165) is 22.5 Å². The first kappa shape index (κ1) is 16.7. The summed E-state index contributed by atoms with van der Waals surface area (Å²) in [6.07, 6.45) is 3.66. The molecule has 0 aliphatic rings. The van der Waals surface area contributed by atoms with Crippen LogP contribution in [0.5, 0.6) is 0 Å². The summed E-state index contributed by atoms with van der Waals surface area (Å²) in [4.78, 5) is 4.43. The maximum atomic E-state index is 6.03. The van der Waals surface area contributed by atoms with Crippen LogP contribution in [0.15, 0.2) is 72.0 Å². The lowest BCUT2D eigenvalue weighted by molar-refractivity contribution is 0.185. The quantitative estimate of drug-likeness (QED) is 0.536. The molecule has 0 atom stereocenters. The molecule has 1 aromatic heterocycles. The predicted molar refractivity (Wildman–Crippen MR) is 99.7 cm³/mol. The van der Waals surface area contributed by atoms with Gasteiger partial charge in [-0.25, -0.2) is 9.67 Å². The number of hydrogen-bond donors (Lipinski definition) is 2. The highest BCUT2D eigenvalue weighted by Crippen LogP contribution is 2.16. The molecule has 25 heavy (non-hydrogen) atoms. The first-order chi connectivity index (χ1) is 12.3. The van der Waals surface area contributed by atoms with Crippen molar-refractivity contribution in [2.45, 2.75) is 13.2 Å². The van der Waals surface area contributed by atoms with Gasteiger partial charge < -0.3 is 15.8 Å². The second-order valence-corrected chi connectivity index (χ2v) is 5.54. The summed E-state index contributed by atoms with van der Waals surface area (Å²) in [6.45, 7) is 1.00. The molecule has 1 heterocycles. The highest BCUT2D eigenvalue weighted by atomic mass is 16.5. The summed E-state index contributed by atoms with van der Waals surface area (Å²) < 4.78 is 7.01. The van der Waals surface area contributed by atoms with Gasteiger partial charge in [0.15, 0.2) is 5.96 Å². The van der Waals surface area contributed by atoms with Gasteiger partial charge >= 0.3 is 0 Å². The van der Waals surface area contributed by atoms with Crippen LogP contribution in [-0.4, -0.2) is 22.8 Å². The lowest BCUT2D eigenvalue weighted by atomic mass is 10.2. The molecule has 3 aromatic rings. The molecule has 0 bridgehead atoms. The van der Waals surface area contributed by atoms with Crippen molar-refractivity contribution in [2.24, 2.45) is 10.7 Å². The number of nitrogens with two attached hydrogens (primary N) is 1. The Morgan fingerprint density at radius 3 is 2.88 bits per heavy atom. The molecule has 128 valence electrons. The average Bonchev–Trinajstić information content (AvgIpc) is 3.17. The van der Waals surface area contributed by atoms with E-state index in [0.29, 0.717) is 19.1 Å². The molecule has 3 N–H and O–H groups in total. The van der Waals surface area contributed by atoms with Crippen LogP contribution < -0.4 is 11.1 Å². The zero-order chi connectivity index (χ0) is 17.5. The number of benzene rings is 2. The Balaban J connectivity index is 1.69. The highest BCUT2D eigenvalue weighted by Gasteiger charge is 2.03. The summed E-state index contributed by atoms with van der Waals surface area (Å²) in [5.74, 6) is 0.369. The summed E-state index contributed by atoms with van der Waals surface area (Å²) in [7, 11) is 1.67. The maximum Gasteiger partial charge on any atom is 0.193 e. The van der Waals surface area contributed by atoms with Crippen molar-refractivity contribution in [1.29, 1.82) is 0 Å². The van der Waals surface area contributed by atoms with Crippen LogP contribution >= 0.6 is 0 Å². The fraction of sp³-hybridized carbons (Fsp3) is 0.158. The first-order valence-electron chi connectivity index (χ1n) is 7.99. The molecule has 6 heteroatoms. The number of nitrogens with one attached hydrogen (secondary N) is 1. The molecule has 0 aliphatic carbocycles. The Kier molecular flexibility index (Phi) is 5.43. The number of para-hydroxylation sites is 1. The Hall–Kier alpha value is -3.12. The Morgan fingerprint density at radius 1 is 1.20 bits per heavy atom. The van der Waals surface area contributed by atoms with Gasteiger partial charge in [0.2, 0.25) is 0 Å². The Labute approximate surface area is 147 Å². The van der Waals surface area contributed by atoms with Crippen molar-refractivity contribution in [2.75, 3.05) is 12.4 Å². The van der Waals surface area contributed by atoms with E-state index in [-0.39, 0.29) is 0 Å². The summed E-state index contributed by atoms with van der Waals surface area (Å²) in [5, 5.41) is 7.38. The molecule has 0 saturated heterocycles. The lowest BCUT2D eigenvalue weighted by Gasteiger charge is -2.11. The summed E-state index contributed by atoms with van der Waals surface area (Å²) in [5.41, 5.74) is 10.0. The zero-order valence-electron chi connectivity index (χ0n) is 14.1. The molecular formula is C19H21N5O. The molecule has 0 radical (unpaired) electrons. The Morgan fingerprint density at radius 2 is 2.08 bits per heavy atom. The van der Waals surface area contributed by atoms with Crippen LogP contribution in [0, 0.1) is 0 Å². The third-order valence-electron chi connectivity index (χ3n) is 3.69. The normalized spacial score (nSPS) is 11.5. The molecule has 0 aliphatic heterocycles. The molecule has 0 unspecified atom stereocenters. The molecule has 0 spiro atoms. The largest absolute Gasteiger partial charge is 0.380 e. The van der Waals surface area contributed by atoms with E-state index in [1.807, 2.05) is 65.5 Å². The zero-order valence-corrected chi connectivity index (χ0v) is 14.1. The molecule has 0 amide bonds. The fourth-order valence-corrected chi connectivity index (χ4v) is 2.50. The van der Waals surface area contributed by atoms with Crippen LogP contribution in [0.2, 0.25) is 0 Å². The minimum Gasteiger partial charge on any atom is -0.380 e. The van der Waals surface area contributed by atoms with Gasteiger partial charge in [0.1, 0.15) is 0 Å². The second kappa shape index (κ2) is 8.12. The van der Waals surface area contributed by atoms with E-state index in [2.05, 4.69) is 15.4 Å². The van der Waals surface area contributed by atoms with Crippen LogP contribution in [0.25, 0.3) is 5.69 Å². The average molecular weight is 335 g/mol. The van der Waals surface area contributed by atoms with Gasteiger partial charge in [0.25, 0.3) is 0 Å². The first-order valence-corrected chi connectivity index (χ1v) is 7.99. The molecule has 3 rings (SSSR count). The molecule has 0 saturated carbocycles. The smallest absolute Gasteiger partial charge is 0.193 e. The van der Waals surface area contributed by atoms with E-state index in [4.69, 9.17) is 10.5 Å². The number of guanidine groups is 1. The van der Waals surface area contributed by atoms with Crippen molar-refractivity contribution in [3.63, 3.8) is 0 Å². The maximum absolute atomic E-state index is 6.03. The standard InChI is InChI=1S/C19H21N5O/c1-25-14-16-7-2-3-9-18(16)23-19(20)21-13-15-6-4-8-17(12-15)24-11-5-10-22-24/h2-12H,13-14H2,1H3,(H3,20,21,23). The number of aliphatic imine (C=N–C) groups is 1. The number of nitrogens with zero attached hydrogens (tertiary/aromatic N) is 3. The van der Waals surface area contributed by atoms with Gasteiger partial charge in [-0.05, 0) is 29.8 Å². The monoisotopic (exact) mass is 335 g/mol. The van der Waals surface area contributed by atoms with Crippen LogP contribution in [0.3, 0.4) is 0 Å². The Bertz CT molecular complexity index is 843. The van der Waals surface area contributed by atoms with Crippen LogP contribution in [0.4, 0.5) is 5.69 Å². The van der Waals surface area contributed by atoms with Gasteiger partial charge in [-0.1, -0.05) is 30.3 Å². The molecule has 0 fully saturated rings. The van der Waals surface area contributed by atoms with Crippen molar-refractivity contribution in [1.82, 2.24) is 9.78 Å². The second-order valence-electron chi connectivity index (χ2n) is 5.54. The van der Waals surface area contributed by atoms with E-state index in [1.54, 1.807) is 13.3 Å². The highest BCUT2D eigenvalue weighted by molar-refractivity contribution is 5.92. The predicted octanol–water partition coefficient (Wildman–Crippen LogP) is 2.95. The topological polar surface area (TPSA) is 77.5 Å². The molecule has 2 aromatic carbocycles. The summed E-state index contributed by atoms with van der Waals surface area (Å²) in [6, 6.07) is 17.8. The number of ether oxygens (including phenoxy) is 1. The number of anilines is 1. The van der Waals surface area contributed by atoms with Gasteiger partial charge in [0, 0.05) is 30.8 Å². The van der Waals surface area contributed by atoms with Gasteiger partial charge in [-0.15, -0.1) is 0 Å². The number of rotatable bonds is 6. The van der Waals surface area contributed by atoms with Gasteiger partial charge in [-0.3, -0.25) is 0 Å². The lowest BCUT2D eigenvalue weighted by Crippen LogP contribution is -2.23.